The number of nitrogens with zero attached hydrogens (tertiary/aromatic N) is 1. The molecule has 4 nitrogen and oxygen atoms in total. The molecule has 1 aromatic rings. The standard InChI is InChI=1S/C10H15N3O/c1-10(2,7-13-9(11)14)8-3-5-12-6-4-8/h3-6H,7H2,1-2H3,(H3,11,13,14). The van der Waals surface area contributed by atoms with Crippen LogP contribution >= 0.6 is 0 Å². The lowest BCUT2D eigenvalue weighted by Gasteiger charge is -2.24. The summed E-state index contributed by atoms with van der Waals surface area (Å²) < 4.78 is 0. The van der Waals surface area contributed by atoms with Crippen LogP contribution in [0.3, 0.4) is 0 Å². The maximum absolute atomic E-state index is 10.6. The van der Waals surface area contributed by atoms with Gasteiger partial charge < -0.3 is 11.1 Å². The van der Waals surface area contributed by atoms with Gasteiger partial charge in [-0.1, -0.05) is 13.8 Å². The average Bonchev–Trinajstić information content (AvgIpc) is 2.16. The second kappa shape index (κ2) is 4.09. The normalized spacial score (nSPS) is 11.0. The van der Waals surface area contributed by atoms with Gasteiger partial charge in [0.25, 0.3) is 0 Å². The van der Waals surface area contributed by atoms with Crippen molar-refractivity contribution in [1.82, 2.24) is 10.3 Å². The lowest BCUT2D eigenvalue weighted by molar-refractivity contribution is 0.246. The molecule has 0 aliphatic heterocycles. The highest BCUT2D eigenvalue weighted by molar-refractivity contribution is 5.71. The van der Waals surface area contributed by atoms with E-state index < -0.39 is 6.03 Å². The van der Waals surface area contributed by atoms with E-state index in [0.29, 0.717) is 6.54 Å². The lowest BCUT2D eigenvalue weighted by atomic mass is 9.85. The van der Waals surface area contributed by atoms with Gasteiger partial charge in [-0.25, -0.2) is 4.79 Å². The third-order valence-corrected chi connectivity index (χ3v) is 2.17. The van der Waals surface area contributed by atoms with E-state index in [1.54, 1.807) is 12.4 Å². The second-order valence-electron chi connectivity index (χ2n) is 3.84. The van der Waals surface area contributed by atoms with Crippen LogP contribution < -0.4 is 11.1 Å². The summed E-state index contributed by atoms with van der Waals surface area (Å²) in [5.74, 6) is 0. The molecule has 0 saturated carbocycles. The number of hydrogen-bond donors (Lipinski definition) is 2. The van der Waals surface area contributed by atoms with Gasteiger partial charge in [0, 0.05) is 24.4 Å². The summed E-state index contributed by atoms with van der Waals surface area (Å²) in [6.45, 7) is 4.60. The molecule has 0 bridgehead atoms. The molecule has 1 rings (SSSR count). The zero-order valence-corrected chi connectivity index (χ0v) is 8.45. The Morgan fingerprint density at radius 3 is 2.57 bits per heavy atom. The van der Waals surface area contributed by atoms with Gasteiger partial charge in [-0.2, -0.15) is 0 Å². The van der Waals surface area contributed by atoms with E-state index in [2.05, 4.69) is 10.3 Å². The van der Waals surface area contributed by atoms with Crippen LogP contribution in [0.15, 0.2) is 24.5 Å². The molecule has 4 heteroatoms. The van der Waals surface area contributed by atoms with Crippen molar-refractivity contribution in [2.45, 2.75) is 19.3 Å². The quantitative estimate of drug-likeness (QED) is 0.752. The van der Waals surface area contributed by atoms with Crippen molar-refractivity contribution in [2.75, 3.05) is 6.54 Å². The molecule has 14 heavy (non-hydrogen) atoms. The van der Waals surface area contributed by atoms with Crippen LogP contribution in [0.4, 0.5) is 4.79 Å². The summed E-state index contributed by atoms with van der Waals surface area (Å²) >= 11 is 0. The Bertz CT molecular complexity index is 308. The molecule has 1 heterocycles. The highest BCUT2D eigenvalue weighted by Crippen LogP contribution is 2.20. The van der Waals surface area contributed by atoms with Crippen molar-refractivity contribution in [1.29, 1.82) is 0 Å². The third-order valence-electron chi connectivity index (χ3n) is 2.17. The highest BCUT2D eigenvalue weighted by atomic mass is 16.2. The van der Waals surface area contributed by atoms with Crippen LogP contribution in [0.25, 0.3) is 0 Å². The molecule has 3 N–H and O–H groups in total. The SMILES string of the molecule is CC(C)(CNC(N)=O)c1ccncc1. The van der Waals surface area contributed by atoms with E-state index in [4.69, 9.17) is 5.73 Å². The topological polar surface area (TPSA) is 68.0 Å². The van der Waals surface area contributed by atoms with Crippen LogP contribution in [0.1, 0.15) is 19.4 Å². The number of primary amides is 1. The summed E-state index contributed by atoms with van der Waals surface area (Å²) in [5.41, 5.74) is 6.01. The molecule has 2 amide bonds. The van der Waals surface area contributed by atoms with Crippen molar-refractivity contribution in [3.05, 3.63) is 30.1 Å². The zero-order chi connectivity index (χ0) is 10.6. The van der Waals surface area contributed by atoms with E-state index >= 15 is 0 Å². The Morgan fingerprint density at radius 1 is 1.50 bits per heavy atom. The summed E-state index contributed by atoms with van der Waals surface area (Å²) in [4.78, 5) is 14.5. The number of pyridine rings is 1. The van der Waals surface area contributed by atoms with Crippen LogP contribution in [0, 0.1) is 0 Å². The molecular formula is C10H15N3O. The first-order valence-electron chi connectivity index (χ1n) is 4.46. The van der Waals surface area contributed by atoms with Gasteiger partial charge in [0.2, 0.25) is 0 Å². The number of nitrogens with two attached hydrogens (primary N) is 1. The molecule has 0 saturated heterocycles. The Balaban J connectivity index is 2.70. The van der Waals surface area contributed by atoms with E-state index in [1.807, 2.05) is 26.0 Å². The number of aromatic nitrogens is 1. The van der Waals surface area contributed by atoms with Gasteiger partial charge >= 0.3 is 6.03 Å². The molecule has 0 spiro atoms. The van der Waals surface area contributed by atoms with Crippen LogP contribution in [0.5, 0.6) is 0 Å². The number of carbonyl (C=O) groups excluding carboxylic acids is 1. The molecule has 0 aliphatic carbocycles. The molecule has 0 aromatic carbocycles. The first-order valence-corrected chi connectivity index (χ1v) is 4.46. The number of rotatable bonds is 3. The average molecular weight is 193 g/mol. The minimum atomic E-state index is -0.493. The van der Waals surface area contributed by atoms with Gasteiger partial charge in [-0.05, 0) is 17.7 Å². The summed E-state index contributed by atoms with van der Waals surface area (Å²) in [6, 6.07) is 3.37. The Hall–Kier alpha value is -1.58. The van der Waals surface area contributed by atoms with Crippen LogP contribution in [0.2, 0.25) is 0 Å². The van der Waals surface area contributed by atoms with E-state index in [0.717, 1.165) is 5.56 Å². The number of carbonyl (C=O) groups is 1. The first-order chi connectivity index (χ1) is 6.52. The van der Waals surface area contributed by atoms with Crippen molar-refractivity contribution < 1.29 is 4.79 Å². The smallest absolute Gasteiger partial charge is 0.312 e. The largest absolute Gasteiger partial charge is 0.352 e. The van der Waals surface area contributed by atoms with Crippen molar-refractivity contribution in [3.63, 3.8) is 0 Å². The molecule has 0 atom stereocenters. The zero-order valence-electron chi connectivity index (χ0n) is 8.45. The minimum Gasteiger partial charge on any atom is -0.352 e. The van der Waals surface area contributed by atoms with Crippen LogP contribution in [-0.4, -0.2) is 17.6 Å². The minimum absolute atomic E-state index is 0.127. The van der Waals surface area contributed by atoms with E-state index in [1.165, 1.54) is 0 Å². The third kappa shape index (κ3) is 2.73. The predicted molar refractivity (Wildman–Crippen MR) is 54.8 cm³/mol. The number of amides is 2. The molecular weight excluding hydrogens is 178 g/mol. The Morgan fingerprint density at radius 2 is 2.07 bits per heavy atom. The van der Waals surface area contributed by atoms with Gasteiger partial charge in [0.15, 0.2) is 0 Å². The van der Waals surface area contributed by atoms with Gasteiger partial charge in [0.1, 0.15) is 0 Å². The molecule has 0 radical (unpaired) electrons. The van der Waals surface area contributed by atoms with Gasteiger partial charge in [0.05, 0.1) is 0 Å². The van der Waals surface area contributed by atoms with E-state index in [9.17, 15) is 4.79 Å². The lowest BCUT2D eigenvalue weighted by Crippen LogP contribution is -2.39. The van der Waals surface area contributed by atoms with Gasteiger partial charge in [-0.15, -0.1) is 0 Å². The second-order valence-corrected chi connectivity index (χ2v) is 3.84. The monoisotopic (exact) mass is 193 g/mol. The Labute approximate surface area is 83.5 Å². The Kier molecular flexibility index (Phi) is 3.06. The predicted octanol–water partition coefficient (Wildman–Crippen LogP) is 1.03. The van der Waals surface area contributed by atoms with E-state index in [-0.39, 0.29) is 5.41 Å². The van der Waals surface area contributed by atoms with Crippen molar-refractivity contribution in [2.24, 2.45) is 5.73 Å². The number of urea groups is 1. The fourth-order valence-electron chi connectivity index (χ4n) is 1.21. The number of hydrogen-bond acceptors (Lipinski definition) is 2. The molecule has 0 aliphatic rings. The van der Waals surface area contributed by atoms with Gasteiger partial charge in [-0.3, -0.25) is 4.98 Å². The summed E-state index contributed by atoms with van der Waals surface area (Å²) in [6.07, 6.45) is 3.47. The maximum Gasteiger partial charge on any atom is 0.312 e. The molecule has 76 valence electrons. The molecule has 0 fully saturated rings. The summed E-state index contributed by atoms with van der Waals surface area (Å²) in [5, 5.41) is 2.60. The highest BCUT2D eigenvalue weighted by Gasteiger charge is 2.20. The molecule has 1 aromatic heterocycles. The molecule has 0 unspecified atom stereocenters. The van der Waals surface area contributed by atoms with Crippen LogP contribution in [-0.2, 0) is 5.41 Å². The number of nitrogens with one attached hydrogen (secondary N) is 1. The maximum atomic E-state index is 10.6. The van der Waals surface area contributed by atoms with Crippen molar-refractivity contribution in [3.8, 4) is 0 Å². The first kappa shape index (κ1) is 10.5. The van der Waals surface area contributed by atoms with Crippen molar-refractivity contribution >= 4 is 6.03 Å². The fourth-order valence-corrected chi connectivity index (χ4v) is 1.21. The summed E-state index contributed by atoms with van der Waals surface area (Å²) in [7, 11) is 0. The fraction of sp³-hybridized carbons (Fsp3) is 0.400.